The minimum atomic E-state index is -1.55. The Hall–Kier alpha value is -0.240. The lowest BCUT2D eigenvalue weighted by Crippen LogP contribution is -2.48. The Morgan fingerprint density at radius 2 is 1.46 bits per heavy atom. The Morgan fingerprint density at radius 3 is 1.85 bits per heavy atom. The van der Waals surface area contributed by atoms with Crippen LogP contribution in [0.4, 0.5) is 0 Å². The van der Waals surface area contributed by atoms with Gasteiger partial charge in [-0.3, -0.25) is 0 Å². The van der Waals surface area contributed by atoms with Gasteiger partial charge in [-0.2, -0.15) is 0 Å². The topological polar surface area (TPSA) is 113 Å². The molecule has 80 valence electrons. The highest BCUT2D eigenvalue weighted by Gasteiger charge is 2.29. The van der Waals surface area contributed by atoms with E-state index in [1.165, 1.54) is 0 Å². The molecule has 0 rings (SSSR count). The molecular weight excluding hydrogens is 178 g/mol. The molecule has 0 spiro atoms. The fourth-order valence-electron chi connectivity index (χ4n) is 0.893. The zero-order chi connectivity index (χ0) is 10.4. The van der Waals surface area contributed by atoms with E-state index < -0.39 is 31.0 Å². The smallest absolute Gasteiger partial charge is 0.111 e. The van der Waals surface area contributed by atoms with Gasteiger partial charge in [-0.25, -0.2) is 0 Å². The number of aliphatic hydroxyl groups is 5. The van der Waals surface area contributed by atoms with Gasteiger partial charge in [-0.15, -0.1) is 0 Å². The molecule has 4 atom stereocenters. The molecule has 0 bridgehead atoms. The van der Waals surface area contributed by atoms with E-state index in [-0.39, 0.29) is 6.54 Å². The first-order valence-electron chi connectivity index (χ1n) is 4.02. The second-order valence-electron chi connectivity index (χ2n) is 2.86. The summed E-state index contributed by atoms with van der Waals surface area (Å²) in [6, 6.07) is 0. The number of hydrogen-bond donors (Lipinski definition) is 6. The third-order valence-electron chi connectivity index (χ3n) is 1.74. The Labute approximate surface area is 76.4 Å². The summed E-state index contributed by atoms with van der Waals surface area (Å²) in [6.07, 6.45) is -5.65. The standard InChI is InChI=1S/C7H17NO5/c1-8-2-4(10)6(12)7(13)5(11)3-9/h4-13H,2-3H2,1H3/t4-,5-,6-,7+/m1/s1. The maximum atomic E-state index is 9.21. The first-order valence-corrected chi connectivity index (χ1v) is 4.02. The van der Waals surface area contributed by atoms with Crippen LogP contribution in [0.2, 0.25) is 0 Å². The van der Waals surface area contributed by atoms with Crippen LogP contribution in [-0.2, 0) is 0 Å². The van der Waals surface area contributed by atoms with E-state index in [0.29, 0.717) is 0 Å². The van der Waals surface area contributed by atoms with Crippen molar-refractivity contribution in [3.8, 4) is 0 Å². The Kier molecular flexibility index (Phi) is 6.13. The molecule has 6 nitrogen and oxygen atoms in total. The molecule has 0 aromatic carbocycles. The molecule has 0 saturated heterocycles. The van der Waals surface area contributed by atoms with E-state index >= 15 is 0 Å². The molecule has 0 aliphatic carbocycles. The van der Waals surface area contributed by atoms with E-state index in [1.807, 2.05) is 0 Å². The van der Waals surface area contributed by atoms with Crippen molar-refractivity contribution in [1.29, 1.82) is 0 Å². The predicted octanol–water partition coefficient (Wildman–Crippen LogP) is -3.36. The van der Waals surface area contributed by atoms with Gasteiger partial charge in [0, 0.05) is 6.54 Å². The fraction of sp³-hybridized carbons (Fsp3) is 1.00. The maximum absolute atomic E-state index is 9.21. The third-order valence-corrected chi connectivity index (χ3v) is 1.74. The molecule has 0 aromatic rings. The summed E-state index contributed by atoms with van der Waals surface area (Å²) >= 11 is 0. The van der Waals surface area contributed by atoms with Crippen molar-refractivity contribution >= 4 is 0 Å². The van der Waals surface area contributed by atoms with Gasteiger partial charge < -0.3 is 30.8 Å². The van der Waals surface area contributed by atoms with Crippen LogP contribution in [0.5, 0.6) is 0 Å². The number of rotatable bonds is 6. The molecule has 13 heavy (non-hydrogen) atoms. The van der Waals surface area contributed by atoms with Gasteiger partial charge in [-0.1, -0.05) is 0 Å². The van der Waals surface area contributed by atoms with Gasteiger partial charge in [-0.05, 0) is 7.05 Å². The van der Waals surface area contributed by atoms with Crippen molar-refractivity contribution in [3.05, 3.63) is 0 Å². The van der Waals surface area contributed by atoms with Crippen LogP contribution in [0.1, 0.15) is 0 Å². The van der Waals surface area contributed by atoms with Crippen molar-refractivity contribution in [2.24, 2.45) is 0 Å². The molecule has 0 aromatic heterocycles. The quantitative estimate of drug-likeness (QED) is 0.264. The summed E-state index contributed by atoms with van der Waals surface area (Å²) in [5.41, 5.74) is 0. The predicted molar refractivity (Wildman–Crippen MR) is 45.0 cm³/mol. The van der Waals surface area contributed by atoms with Crippen LogP contribution in [-0.4, -0.2) is 70.1 Å². The molecule has 0 saturated carbocycles. The summed E-state index contributed by atoms with van der Waals surface area (Å²) in [5, 5.41) is 47.5. The highest BCUT2D eigenvalue weighted by molar-refractivity contribution is 4.81. The lowest BCUT2D eigenvalue weighted by atomic mass is 10.0. The third kappa shape index (κ3) is 3.99. The van der Waals surface area contributed by atoms with Crippen LogP contribution < -0.4 is 5.32 Å². The SMILES string of the molecule is CNC[C@@H](O)[C@@H](O)[C@@H](O)[C@H](O)CO. The van der Waals surface area contributed by atoms with Crippen molar-refractivity contribution in [1.82, 2.24) is 5.32 Å². The average Bonchev–Trinajstić information content (AvgIpc) is 2.14. The van der Waals surface area contributed by atoms with Crippen LogP contribution in [0.25, 0.3) is 0 Å². The molecule has 0 radical (unpaired) electrons. The minimum Gasteiger partial charge on any atom is -0.394 e. The zero-order valence-electron chi connectivity index (χ0n) is 7.46. The van der Waals surface area contributed by atoms with Crippen molar-refractivity contribution in [2.45, 2.75) is 24.4 Å². The summed E-state index contributed by atoms with van der Waals surface area (Å²) in [7, 11) is 1.57. The zero-order valence-corrected chi connectivity index (χ0v) is 7.46. The second kappa shape index (κ2) is 6.25. The number of aliphatic hydroxyl groups excluding tert-OH is 5. The largest absolute Gasteiger partial charge is 0.394 e. The lowest BCUT2D eigenvalue weighted by molar-refractivity contribution is -0.113. The molecule has 0 unspecified atom stereocenters. The van der Waals surface area contributed by atoms with E-state index in [4.69, 9.17) is 20.4 Å². The van der Waals surface area contributed by atoms with Gasteiger partial charge in [0.05, 0.1) is 12.7 Å². The summed E-state index contributed by atoms with van der Waals surface area (Å²) < 4.78 is 0. The first kappa shape index (κ1) is 12.8. The van der Waals surface area contributed by atoms with Crippen LogP contribution >= 0.6 is 0 Å². The maximum Gasteiger partial charge on any atom is 0.111 e. The minimum absolute atomic E-state index is 0.0936. The van der Waals surface area contributed by atoms with Crippen LogP contribution in [0, 0.1) is 0 Å². The lowest BCUT2D eigenvalue weighted by Gasteiger charge is -2.25. The number of hydrogen-bond acceptors (Lipinski definition) is 6. The summed E-state index contributed by atoms with van der Waals surface area (Å²) in [5.74, 6) is 0. The Morgan fingerprint density at radius 1 is 1.00 bits per heavy atom. The van der Waals surface area contributed by atoms with Crippen LogP contribution in [0.3, 0.4) is 0 Å². The van der Waals surface area contributed by atoms with Gasteiger partial charge >= 0.3 is 0 Å². The average molecular weight is 195 g/mol. The van der Waals surface area contributed by atoms with Gasteiger partial charge in [0.1, 0.15) is 18.3 Å². The molecule has 6 heteroatoms. The highest BCUT2D eigenvalue weighted by Crippen LogP contribution is 2.04. The molecule has 0 heterocycles. The molecular formula is C7H17NO5. The monoisotopic (exact) mass is 195 g/mol. The second-order valence-corrected chi connectivity index (χ2v) is 2.86. The van der Waals surface area contributed by atoms with Gasteiger partial charge in [0.15, 0.2) is 0 Å². The summed E-state index contributed by atoms with van der Waals surface area (Å²) in [6.45, 7) is -0.569. The summed E-state index contributed by atoms with van der Waals surface area (Å²) in [4.78, 5) is 0. The van der Waals surface area contributed by atoms with E-state index in [0.717, 1.165) is 0 Å². The molecule has 6 N–H and O–H groups in total. The Balaban J connectivity index is 3.99. The van der Waals surface area contributed by atoms with Gasteiger partial charge in [0.25, 0.3) is 0 Å². The molecule has 0 fully saturated rings. The van der Waals surface area contributed by atoms with E-state index in [2.05, 4.69) is 5.32 Å². The fourth-order valence-corrected chi connectivity index (χ4v) is 0.893. The Bertz CT molecular complexity index is 134. The van der Waals surface area contributed by atoms with Crippen molar-refractivity contribution in [2.75, 3.05) is 20.2 Å². The molecule has 0 aliphatic rings. The van der Waals surface area contributed by atoms with Gasteiger partial charge in [0.2, 0.25) is 0 Å². The van der Waals surface area contributed by atoms with Crippen molar-refractivity contribution in [3.63, 3.8) is 0 Å². The van der Waals surface area contributed by atoms with E-state index in [1.54, 1.807) is 7.05 Å². The van der Waals surface area contributed by atoms with E-state index in [9.17, 15) is 5.11 Å². The molecule has 0 amide bonds. The molecule has 0 aliphatic heterocycles. The first-order chi connectivity index (χ1) is 6.04. The van der Waals surface area contributed by atoms with Crippen molar-refractivity contribution < 1.29 is 25.5 Å². The normalized spacial score (nSPS) is 20.8. The number of nitrogens with one attached hydrogen (secondary N) is 1. The highest BCUT2D eigenvalue weighted by atomic mass is 16.4. The van der Waals surface area contributed by atoms with Crippen LogP contribution in [0.15, 0.2) is 0 Å². The number of likely N-dealkylation sites (N-methyl/N-ethyl adjacent to an activating group) is 1.